The number of ketones is 1. The maximum absolute atomic E-state index is 13.6. The Labute approximate surface area is 174 Å². The topological polar surface area (TPSA) is 49.7 Å². The fraction of sp³-hybridized carbons (Fsp3) is 0.560. The van der Waals surface area contributed by atoms with Crippen molar-refractivity contribution in [2.45, 2.75) is 65.7 Å². The lowest BCUT2D eigenvalue weighted by Gasteiger charge is -2.42. The third-order valence-electron chi connectivity index (χ3n) is 6.67. The molecule has 29 heavy (non-hydrogen) atoms. The van der Waals surface area contributed by atoms with Crippen LogP contribution in [0.2, 0.25) is 0 Å². The molecule has 1 saturated heterocycles. The van der Waals surface area contributed by atoms with Gasteiger partial charge in [0, 0.05) is 42.4 Å². The lowest BCUT2D eigenvalue weighted by atomic mass is 9.63. The highest BCUT2D eigenvalue weighted by Crippen LogP contribution is 2.47. The van der Waals surface area contributed by atoms with Crippen molar-refractivity contribution in [2.75, 3.05) is 13.1 Å². The molecule has 1 aromatic rings. The molecule has 3 aliphatic rings. The van der Waals surface area contributed by atoms with Crippen LogP contribution in [0.1, 0.15) is 69.9 Å². The molecule has 2 atom stereocenters. The van der Waals surface area contributed by atoms with Crippen LogP contribution in [0.25, 0.3) is 0 Å². The van der Waals surface area contributed by atoms with Gasteiger partial charge in [0.2, 0.25) is 0 Å². The smallest absolute Gasteiger partial charge is 0.252 e. The van der Waals surface area contributed by atoms with Gasteiger partial charge < -0.3 is 4.90 Å². The molecule has 1 amide bonds. The summed E-state index contributed by atoms with van der Waals surface area (Å²) in [5, 5.41) is 0. The second-order valence-electron chi connectivity index (χ2n) is 9.81. The molecule has 1 saturated carbocycles. The summed E-state index contributed by atoms with van der Waals surface area (Å²) >= 11 is 0. The monoisotopic (exact) mass is 392 g/mol. The summed E-state index contributed by atoms with van der Waals surface area (Å²) in [5.41, 5.74) is 4.66. The van der Waals surface area contributed by atoms with Gasteiger partial charge in [-0.1, -0.05) is 43.7 Å². The largest absolute Gasteiger partial charge is 0.339 e. The van der Waals surface area contributed by atoms with Crippen LogP contribution in [-0.2, 0) is 9.59 Å². The van der Waals surface area contributed by atoms with E-state index in [-0.39, 0.29) is 28.9 Å². The third-order valence-corrected chi connectivity index (χ3v) is 6.67. The Kier molecular flexibility index (Phi) is 5.22. The Morgan fingerprint density at radius 1 is 1.00 bits per heavy atom. The second kappa shape index (κ2) is 7.55. The van der Waals surface area contributed by atoms with Crippen molar-refractivity contribution in [3.63, 3.8) is 0 Å². The molecule has 0 spiro atoms. The van der Waals surface area contributed by atoms with Crippen molar-refractivity contribution in [3.8, 4) is 0 Å². The zero-order valence-electron chi connectivity index (χ0n) is 18.1. The SMILES string of the molecule is CC1=C(C(=O)N2CCCCC2)[C@H](c2ccc(C)cc2)C2C(=O)CC(C)(C)CC2=N1. The first-order valence-electron chi connectivity index (χ1n) is 10.9. The summed E-state index contributed by atoms with van der Waals surface area (Å²) < 4.78 is 0. The van der Waals surface area contributed by atoms with Crippen LogP contribution in [0.4, 0.5) is 0 Å². The Balaban J connectivity index is 1.82. The number of rotatable bonds is 2. The Bertz CT molecular complexity index is 886. The molecule has 2 fully saturated rings. The molecule has 0 N–H and O–H groups in total. The summed E-state index contributed by atoms with van der Waals surface area (Å²) in [4.78, 5) is 33.8. The number of benzene rings is 1. The van der Waals surface area contributed by atoms with Gasteiger partial charge in [0.15, 0.2) is 0 Å². The molecule has 0 radical (unpaired) electrons. The first-order valence-corrected chi connectivity index (χ1v) is 10.9. The van der Waals surface area contributed by atoms with E-state index in [2.05, 4.69) is 45.0 Å². The van der Waals surface area contributed by atoms with Gasteiger partial charge in [0.25, 0.3) is 5.91 Å². The van der Waals surface area contributed by atoms with Crippen LogP contribution in [0, 0.1) is 18.3 Å². The summed E-state index contributed by atoms with van der Waals surface area (Å²) in [6, 6.07) is 8.34. The van der Waals surface area contributed by atoms with Crippen LogP contribution in [-0.4, -0.2) is 35.4 Å². The minimum Gasteiger partial charge on any atom is -0.339 e. The number of aliphatic imine (C=N–C) groups is 1. The van der Waals surface area contributed by atoms with E-state index in [1.807, 2.05) is 11.8 Å². The van der Waals surface area contributed by atoms with Gasteiger partial charge >= 0.3 is 0 Å². The summed E-state index contributed by atoms with van der Waals surface area (Å²) in [5.74, 6) is -0.227. The number of piperidine rings is 1. The van der Waals surface area contributed by atoms with Gasteiger partial charge in [-0.15, -0.1) is 0 Å². The van der Waals surface area contributed by atoms with Gasteiger partial charge in [-0.05, 0) is 50.5 Å². The predicted octanol–water partition coefficient (Wildman–Crippen LogP) is 4.83. The van der Waals surface area contributed by atoms with Crippen molar-refractivity contribution in [1.29, 1.82) is 0 Å². The molecule has 4 rings (SSSR count). The summed E-state index contributed by atoms with van der Waals surface area (Å²) in [6.07, 6.45) is 4.65. The quantitative estimate of drug-likeness (QED) is 0.724. The number of carbonyl (C=O) groups is 2. The van der Waals surface area contributed by atoms with E-state index >= 15 is 0 Å². The molecular weight excluding hydrogens is 360 g/mol. The van der Waals surface area contributed by atoms with Crippen LogP contribution < -0.4 is 0 Å². The number of fused-ring (bicyclic) bond motifs is 1. The number of hydrogen-bond donors (Lipinski definition) is 0. The van der Waals surface area contributed by atoms with E-state index in [1.165, 1.54) is 12.0 Å². The maximum Gasteiger partial charge on any atom is 0.252 e. The van der Waals surface area contributed by atoms with Crippen LogP contribution in [0.15, 0.2) is 40.5 Å². The molecule has 154 valence electrons. The highest BCUT2D eigenvalue weighted by atomic mass is 16.2. The van der Waals surface area contributed by atoms with E-state index in [9.17, 15) is 9.59 Å². The molecular formula is C25H32N2O2. The van der Waals surface area contributed by atoms with E-state index in [4.69, 9.17) is 4.99 Å². The summed E-state index contributed by atoms with van der Waals surface area (Å²) in [7, 11) is 0. The zero-order chi connectivity index (χ0) is 20.8. The van der Waals surface area contributed by atoms with Crippen LogP contribution >= 0.6 is 0 Å². The lowest BCUT2D eigenvalue weighted by molar-refractivity contribution is -0.128. The second-order valence-corrected chi connectivity index (χ2v) is 9.81. The fourth-order valence-corrected chi connectivity index (χ4v) is 5.27. The van der Waals surface area contributed by atoms with Crippen molar-refractivity contribution >= 4 is 17.4 Å². The molecule has 2 aliphatic heterocycles. The highest BCUT2D eigenvalue weighted by molar-refractivity contribution is 6.12. The predicted molar refractivity (Wildman–Crippen MR) is 116 cm³/mol. The van der Waals surface area contributed by atoms with Gasteiger partial charge in [-0.3, -0.25) is 14.6 Å². The van der Waals surface area contributed by atoms with Gasteiger partial charge in [-0.2, -0.15) is 0 Å². The molecule has 1 aromatic carbocycles. The first kappa shape index (κ1) is 20.1. The molecule has 0 bridgehead atoms. The minimum absolute atomic E-state index is 0.0705. The Morgan fingerprint density at radius 2 is 1.66 bits per heavy atom. The number of carbonyl (C=O) groups excluding carboxylic acids is 2. The van der Waals surface area contributed by atoms with E-state index in [0.717, 1.165) is 54.9 Å². The number of aryl methyl sites for hydroxylation is 1. The highest BCUT2D eigenvalue weighted by Gasteiger charge is 2.47. The van der Waals surface area contributed by atoms with Crippen molar-refractivity contribution in [1.82, 2.24) is 4.90 Å². The zero-order valence-corrected chi connectivity index (χ0v) is 18.1. The summed E-state index contributed by atoms with van der Waals surface area (Å²) in [6.45, 7) is 9.90. The lowest BCUT2D eigenvalue weighted by Crippen LogP contribution is -2.46. The number of hydrogen-bond acceptors (Lipinski definition) is 3. The number of nitrogens with zero attached hydrogens (tertiary/aromatic N) is 2. The average molecular weight is 393 g/mol. The van der Waals surface area contributed by atoms with Crippen molar-refractivity contribution in [2.24, 2.45) is 16.3 Å². The number of amides is 1. The molecule has 2 heterocycles. The van der Waals surface area contributed by atoms with E-state index < -0.39 is 0 Å². The number of Topliss-reactive ketones (excluding diaryl/α,β-unsaturated/α-hetero) is 1. The molecule has 1 aliphatic carbocycles. The average Bonchev–Trinajstić information content (AvgIpc) is 2.67. The minimum atomic E-state index is -0.307. The van der Waals surface area contributed by atoms with E-state index in [1.54, 1.807) is 0 Å². The van der Waals surface area contributed by atoms with Crippen molar-refractivity contribution < 1.29 is 9.59 Å². The molecule has 4 nitrogen and oxygen atoms in total. The van der Waals surface area contributed by atoms with Crippen LogP contribution in [0.3, 0.4) is 0 Å². The number of likely N-dealkylation sites (tertiary alicyclic amines) is 1. The third kappa shape index (κ3) is 3.82. The molecule has 0 aromatic heterocycles. The van der Waals surface area contributed by atoms with Gasteiger partial charge in [-0.25, -0.2) is 0 Å². The standard InChI is InChI=1S/C25H32N2O2/c1-16-8-10-18(11-9-16)22-21(24(29)27-12-6-5-7-13-27)17(2)26-19-14-25(3,4)15-20(28)23(19)22/h8-11,22-23H,5-7,12-15H2,1-4H3/t22-,23?/m0/s1. The van der Waals surface area contributed by atoms with Gasteiger partial charge in [0.05, 0.1) is 5.92 Å². The normalized spacial score (nSPS) is 26.8. The van der Waals surface area contributed by atoms with Crippen LogP contribution in [0.5, 0.6) is 0 Å². The van der Waals surface area contributed by atoms with E-state index in [0.29, 0.717) is 6.42 Å². The van der Waals surface area contributed by atoms with Crippen molar-refractivity contribution in [3.05, 3.63) is 46.7 Å². The maximum atomic E-state index is 13.6. The molecule has 4 heteroatoms. The Morgan fingerprint density at radius 3 is 2.31 bits per heavy atom. The Hall–Kier alpha value is -2.23. The fourth-order valence-electron chi connectivity index (χ4n) is 5.27. The van der Waals surface area contributed by atoms with Gasteiger partial charge in [0.1, 0.15) is 5.78 Å². The molecule has 1 unspecified atom stereocenters. The number of allylic oxidation sites excluding steroid dienone is 1. The first-order chi connectivity index (χ1) is 13.8.